The van der Waals surface area contributed by atoms with E-state index in [0.29, 0.717) is 5.56 Å². The van der Waals surface area contributed by atoms with E-state index in [-0.39, 0.29) is 16.6 Å². The zero-order chi connectivity index (χ0) is 17.6. The van der Waals surface area contributed by atoms with Crippen molar-refractivity contribution in [2.45, 2.75) is 15.5 Å². The molecule has 0 aromatic heterocycles. The molecule has 25 heavy (non-hydrogen) atoms. The second-order valence-corrected chi connectivity index (χ2v) is 7.46. The van der Waals surface area contributed by atoms with Crippen LogP contribution in [0.15, 0.2) is 82.6 Å². The molecule has 0 atom stereocenters. The molecule has 0 aliphatic heterocycles. The second kappa shape index (κ2) is 8.14. The van der Waals surface area contributed by atoms with Gasteiger partial charge in [-0.25, -0.2) is 0 Å². The van der Waals surface area contributed by atoms with Crippen molar-refractivity contribution >= 4 is 28.6 Å². The SMILES string of the molecule is O=C(Sc1ccc(O)cc1)c1ccc(CSc2ccc(O)cc2)cc1. The first-order valence-electron chi connectivity index (χ1n) is 7.62. The maximum Gasteiger partial charge on any atom is 0.224 e. The van der Waals surface area contributed by atoms with Gasteiger partial charge in [0.05, 0.1) is 0 Å². The topological polar surface area (TPSA) is 57.5 Å². The molecule has 3 aromatic carbocycles. The molecule has 0 spiro atoms. The zero-order valence-electron chi connectivity index (χ0n) is 13.3. The molecule has 3 aromatic rings. The van der Waals surface area contributed by atoms with Gasteiger partial charge in [0, 0.05) is 21.1 Å². The van der Waals surface area contributed by atoms with E-state index < -0.39 is 0 Å². The Bertz CT molecular complexity index is 842. The third-order valence-corrected chi connectivity index (χ3v) is 5.49. The molecule has 0 aliphatic rings. The summed E-state index contributed by atoms with van der Waals surface area (Å²) >= 11 is 2.82. The minimum absolute atomic E-state index is 0.0246. The van der Waals surface area contributed by atoms with Crippen molar-refractivity contribution in [2.75, 3.05) is 0 Å². The van der Waals surface area contributed by atoms with E-state index in [0.717, 1.165) is 32.9 Å². The van der Waals surface area contributed by atoms with Gasteiger partial charge in [-0.3, -0.25) is 4.79 Å². The summed E-state index contributed by atoms with van der Waals surface area (Å²) in [6, 6.07) is 21.3. The van der Waals surface area contributed by atoms with E-state index in [1.807, 2.05) is 36.4 Å². The highest BCUT2D eigenvalue weighted by atomic mass is 32.2. The van der Waals surface area contributed by atoms with Crippen LogP contribution in [0.2, 0.25) is 0 Å². The number of hydrogen-bond donors (Lipinski definition) is 2. The van der Waals surface area contributed by atoms with E-state index in [2.05, 4.69) is 0 Å². The van der Waals surface area contributed by atoms with E-state index in [4.69, 9.17) is 0 Å². The lowest BCUT2D eigenvalue weighted by Gasteiger charge is -2.05. The highest BCUT2D eigenvalue weighted by molar-refractivity contribution is 8.14. The van der Waals surface area contributed by atoms with Crippen LogP contribution in [0.5, 0.6) is 11.5 Å². The fourth-order valence-corrected chi connectivity index (χ4v) is 3.72. The predicted octanol–water partition coefficient (Wildman–Crippen LogP) is 5.32. The van der Waals surface area contributed by atoms with Gasteiger partial charge in [-0.15, -0.1) is 11.8 Å². The van der Waals surface area contributed by atoms with Crippen LogP contribution in [0, 0.1) is 0 Å². The molecule has 0 radical (unpaired) electrons. The van der Waals surface area contributed by atoms with Crippen molar-refractivity contribution in [2.24, 2.45) is 0 Å². The number of phenolic OH excluding ortho intramolecular Hbond substituents is 2. The van der Waals surface area contributed by atoms with Gasteiger partial charge >= 0.3 is 0 Å². The summed E-state index contributed by atoms with van der Waals surface area (Å²) in [4.78, 5) is 14.2. The van der Waals surface area contributed by atoms with E-state index in [9.17, 15) is 15.0 Å². The molecular weight excluding hydrogens is 352 g/mol. The molecule has 0 amide bonds. The van der Waals surface area contributed by atoms with Crippen molar-refractivity contribution in [3.05, 3.63) is 83.9 Å². The van der Waals surface area contributed by atoms with Crippen molar-refractivity contribution in [3.63, 3.8) is 0 Å². The number of carbonyl (C=O) groups excluding carboxylic acids is 1. The molecule has 0 fully saturated rings. The lowest BCUT2D eigenvalue weighted by Crippen LogP contribution is -1.93. The Balaban J connectivity index is 1.58. The van der Waals surface area contributed by atoms with Gasteiger partial charge in [-0.1, -0.05) is 24.3 Å². The summed E-state index contributed by atoms with van der Waals surface area (Å²) in [7, 11) is 0. The average Bonchev–Trinajstić information content (AvgIpc) is 2.63. The molecule has 3 rings (SSSR count). The quantitative estimate of drug-likeness (QED) is 0.597. The highest BCUT2D eigenvalue weighted by Gasteiger charge is 2.08. The molecule has 126 valence electrons. The predicted molar refractivity (Wildman–Crippen MR) is 102 cm³/mol. The van der Waals surface area contributed by atoms with Crippen LogP contribution in [0.25, 0.3) is 0 Å². The van der Waals surface area contributed by atoms with Crippen molar-refractivity contribution in [3.8, 4) is 11.5 Å². The molecular formula is C20H16O3S2. The molecule has 5 heteroatoms. The third-order valence-electron chi connectivity index (χ3n) is 3.48. The lowest BCUT2D eigenvalue weighted by atomic mass is 10.2. The number of hydrogen-bond acceptors (Lipinski definition) is 5. The molecule has 0 aliphatic carbocycles. The second-order valence-electron chi connectivity index (χ2n) is 5.36. The fourth-order valence-electron chi connectivity index (χ4n) is 2.13. The zero-order valence-corrected chi connectivity index (χ0v) is 14.9. The van der Waals surface area contributed by atoms with Gasteiger partial charge < -0.3 is 10.2 Å². The molecule has 0 unspecified atom stereocenters. The number of rotatable bonds is 5. The minimum atomic E-state index is -0.0246. The summed E-state index contributed by atoms with van der Waals surface area (Å²) in [6.07, 6.45) is 0. The first-order chi connectivity index (χ1) is 12.1. The van der Waals surface area contributed by atoms with Gasteiger partial charge in [0.1, 0.15) is 11.5 Å². The number of phenols is 2. The van der Waals surface area contributed by atoms with Crippen molar-refractivity contribution in [1.82, 2.24) is 0 Å². The summed E-state index contributed by atoms with van der Waals surface area (Å²) in [6.45, 7) is 0. The van der Waals surface area contributed by atoms with Crippen LogP contribution in [-0.2, 0) is 5.75 Å². The molecule has 0 saturated carbocycles. The molecule has 3 nitrogen and oxygen atoms in total. The molecule has 0 bridgehead atoms. The van der Waals surface area contributed by atoms with Crippen LogP contribution in [0.1, 0.15) is 15.9 Å². The van der Waals surface area contributed by atoms with Gasteiger partial charge in [0.25, 0.3) is 0 Å². The molecule has 0 saturated heterocycles. The highest BCUT2D eigenvalue weighted by Crippen LogP contribution is 2.27. The first kappa shape index (κ1) is 17.5. The smallest absolute Gasteiger partial charge is 0.224 e. The summed E-state index contributed by atoms with van der Waals surface area (Å²) < 4.78 is 0. The van der Waals surface area contributed by atoms with Crippen LogP contribution >= 0.6 is 23.5 Å². The molecule has 0 heterocycles. The maximum absolute atomic E-state index is 12.3. The number of carbonyl (C=O) groups is 1. The summed E-state index contributed by atoms with van der Waals surface area (Å²) in [5.74, 6) is 1.25. The largest absolute Gasteiger partial charge is 0.508 e. The van der Waals surface area contributed by atoms with Gasteiger partial charge in [-0.05, 0) is 65.9 Å². The Morgan fingerprint density at radius 3 is 1.80 bits per heavy atom. The lowest BCUT2D eigenvalue weighted by molar-refractivity contribution is 0.108. The van der Waals surface area contributed by atoms with Crippen LogP contribution < -0.4 is 0 Å². The Morgan fingerprint density at radius 1 is 0.720 bits per heavy atom. The van der Waals surface area contributed by atoms with Crippen LogP contribution in [-0.4, -0.2) is 15.3 Å². The monoisotopic (exact) mass is 368 g/mol. The standard InChI is InChI=1S/C20H16O3S2/c21-16-5-9-18(10-6-16)24-13-14-1-3-15(4-2-14)20(23)25-19-11-7-17(22)8-12-19/h1-12,21-22H,13H2. The van der Waals surface area contributed by atoms with Crippen molar-refractivity contribution in [1.29, 1.82) is 0 Å². The normalized spacial score (nSPS) is 10.6. The summed E-state index contributed by atoms with van der Waals surface area (Å²) in [5, 5.41) is 18.5. The van der Waals surface area contributed by atoms with Crippen molar-refractivity contribution < 1.29 is 15.0 Å². The van der Waals surface area contributed by atoms with E-state index in [1.54, 1.807) is 48.2 Å². The van der Waals surface area contributed by atoms with Gasteiger partial charge in [-0.2, -0.15) is 0 Å². The van der Waals surface area contributed by atoms with Gasteiger partial charge in [0.15, 0.2) is 0 Å². The first-order valence-corrected chi connectivity index (χ1v) is 9.42. The third kappa shape index (κ3) is 5.05. The van der Waals surface area contributed by atoms with Crippen LogP contribution in [0.3, 0.4) is 0 Å². The van der Waals surface area contributed by atoms with E-state index in [1.165, 1.54) is 0 Å². The van der Waals surface area contributed by atoms with E-state index >= 15 is 0 Å². The Labute approximate surface area is 154 Å². The average molecular weight is 368 g/mol. The fraction of sp³-hybridized carbons (Fsp3) is 0.0500. The van der Waals surface area contributed by atoms with Gasteiger partial charge in [0.2, 0.25) is 5.12 Å². The Kier molecular flexibility index (Phi) is 5.68. The molecule has 2 N–H and O–H groups in total. The Hall–Kier alpha value is -2.37. The Morgan fingerprint density at radius 2 is 1.24 bits per heavy atom. The number of aromatic hydroxyl groups is 2. The summed E-state index contributed by atoms with van der Waals surface area (Å²) in [5.41, 5.74) is 1.78. The number of benzene rings is 3. The maximum atomic E-state index is 12.3. The minimum Gasteiger partial charge on any atom is -0.508 e. The number of thioether (sulfide) groups is 2. The van der Waals surface area contributed by atoms with Crippen LogP contribution in [0.4, 0.5) is 0 Å².